The third kappa shape index (κ3) is 4.13. The minimum atomic E-state index is -0.128. The van der Waals surface area contributed by atoms with E-state index in [9.17, 15) is 4.79 Å². The lowest BCUT2D eigenvalue weighted by atomic mass is 10.3. The van der Waals surface area contributed by atoms with E-state index in [1.807, 2.05) is 4.90 Å². The summed E-state index contributed by atoms with van der Waals surface area (Å²) < 4.78 is 0. The van der Waals surface area contributed by atoms with Crippen molar-refractivity contribution in [3.8, 4) is 6.07 Å². The number of nitriles is 1. The van der Waals surface area contributed by atoms with Crippen LogP contribution in [-0.4, -0.2) is 53.5 Å². The molecule has 1 heterocycles. The Morgan fingerprint density at radius 2 is 2.06 bits per heavy atom. The molecule has 1 aliphatic heterocycles. The maximum Gasteiger partial charge on any atom is 0.222 e. The van der Waals surface area contributed by atoms with E-state index < -0.39 is 0 Å². The molecule has 0 saturated carbocycles. The summed E-state index contributed by atoms with van der Waals surface area (Å²) in [6.45, 7) is 5.67. The fraction of sp³-hybridized carbons (Fsp3) is 0.700. The van der Waals surface area contributed by atoms with E-state index in [-0.39, 0.29) is 5.91 Å². The highest BCUT2D eigenvalue weighted by atomic mass is 32.1. The van der Waals surface area contributed by atoms with Crippen LogP contribution >= 0.6 is 12.2 Å². The Hall–Kier alpha value is -1.19. The molecule has 5 nitrogen and oxygen atoms in total. The zero-order chi connectivity index (χ0) is 12.0. The van der Waals surface area contributed by atoms with Gasteiger partial charge in [-0.2, -0.15) is 5.26 Å². The predicted octanol–water partition coefficient (Wildman–Crippen LogP) is -0.0613. The number of hydrogen-bond donors (Lipinski definition) is 1. The molecule has 0 unspecified atom stereocenters. The number of amides is 1. The molecule has 0 radical (unpaired) electrons. The zero-order valence-corrected chi connectivity index (χ0v) is 10.2. The molecule has 1 saturated heterocycles. The SMILES string of the molecule is CC(=O)NC(=S)N1CCN(CCC#N)CC1. The van der Waals surface area contributed by atoms with E-state index >= 15 is 0 Å². The van der Waals surface area contributed by atoms with Gasteiger partial charge in [0.1, 0.15) is 0 Å². The maximum atomic E-state index is 10.8. The number of rotatable bonds is 2. The van der Waals surface area contributed by atoms with Crippen molar-refractivity contribution in [1.82, 2.24) is 15.1 Å². The summed E-state index contributed by atoms with van der Waals surface area (Å²) >= 11 is 5.10. The molecule has 0 aliphatic carbocycles. The van der Waals surface area contributed by atoms with E-state index in [0.29, 0.717) is 11.5 Å². The third-order valence-electron chi connectivity index (χ3n) is 2.48. The molecule has 0 bridgehead atoms. The van der Waals surface area contributed by atoms with Gasteiger partial charge in [-0.3, -0.25) is 9.69 Å². The van der Waals surface area contributed by atoms with Crippen LogP contribution in [0.5, 0.6) is 0 Å². The van der Waals surface area contributed by atoms with E-state index in [1.165, 1.54) is 6.92 Å². The van der Waals surface area contributed by atoms with Crippen LogP contribution in [0.15, 0.2) is 0 Å². The van der Waals surface area contributed by atoms with Crippen molar-refractivity contribution in [2.75, 3.05) is 32.7 Å². The number of carbonyl (C=O) groups is 1. The van der Waals surface area contributed by atoms with Crippen LogP contribution < -0.4 is 5.32 Å². The minimum Gasteiger partial charge on any atom is -0.346 e. The molecule has 88 valence electrons. The first-order valence-corrected chi connectivity index (χ1v) is 5.70. The fourth-order valence-corrected chi connectivity index (χ4v) is 1.94. The summed E-state index contributed by atoms with van der Waals surface area (Å²) in [4.78, 5) is 15.0. The first-order valence-electron chi connectivity index (χ1n) is 5.29. The molecule has 0 atom stereocenters. The molecule has 16 heavy (non-hydrogen) atoms. The lowest BCUT2D eigenvalue weighted by molar-refractivity contribution is -0.117. The molecule has 0 aromatic carbocycles. The third-order valence-corrected chi connectivity index (χ3v) is 2.84. The van der Waals surface area contributed by atoms with E-state index in [0.717, 1.165) is 32.7 Å². The topological polar surface area (TPSA) is 59.4 Å². The molecule has 1 aliphatic rings. The van der Waals surface area contributed by atoms with Crippen LogP contribution in [0.2, 0.25) is 0 Å². The highest BCUT2D eigenvalue weighted by molar-refractivity contribution is 7.80. The van der Waals surface area contributed by atoms with Gasteiger partial charge < -0.3 is 10.2 Å². The van der Waals surface area contributed by atoms with Crippen molar-refractivity contribution >= 4 is 23.2 Å². The van der Waals surface area contributed by atoms with Crippen LogP contribution in [0.4, 0.5) is 0 Å². The standard InChI is InChI=1S/C10H16N4OS/c1-9(15)12-10(16)14-7-5-13(6-8-14)4-2-3-11/h2,4-8H2,1H3,(H,12,15,16). The van der Waals surface area contributed by atoms with E-state index in [2.05, 4.69) is 16.3 Å². The van der Waals surface area contributed by atoms with Gasteiger partial charge in [-0.05, 0) is 12.2 Å². The molecular formula is C10H16N4OS. The Morgan fingerprint density at radius 3 is 2.56 bits per heavy atom. The van der Waals surface area contributed by atoms with Crippen molar-refractivity contribution in [2.45, 2.75) is 13.3 Å². The van der Waals surface area contributed by atoms with Gasteiger partial charge in [0.25, 0.3) is 0 Å². The van der Waals surface area contributed by atoms with Crippen LogP contribution in [0.25, 0.3) is 0 Å². The number of piperazine rings is 1. The summed E-state index contributed by atoms with van der Waals surface area (Å²) in [6, 6.07) is 2.14. The molecule has 1 fully saturated rings. The molecule has 6 heteroatoms. The minimum absolute atomic E-state index is 0.128. The van der Waals surface area contributed by atoms with Crippen molar-refractivity contribution in [1.29, 1.82) is 5.26 Å². The Kier molecular flexibility index (Phi) is 5.15. The van der Waals surface area contributed by atoms with Gasteiger partial charge in [-0.25, -0.2) is 0 Å². The molecular weight excluding hydrogens is 224 g/mol. The van der Waals surface area contributed by atoms with Crippen molar-refractivity contribution in [3.05, 3.63) is 0 Å². The lowest BCUT2D eigenvalue weighted by Crippen LogP contribution is -2.52. The van der Waals surface area contributed by atoms with Gasteiger partial charge in [0.15, 0.2) is 5.11 Å². The Labute approximate surface area is 101 Å². The lowest BCUT2D eigenvalue weighted by Gasteiger charge is -2.35. The average Bonchev–Trinajstić information content (AvgIpc) is 2.26. The second-order valence-electron chi connectivity index (χ2n) is 3.72. The van der Waals surface area contributed by atoms with E-state index in [1.54, 1.807) is 0 Å². The first-order chi connectivity index (χ1) is 7.63. The Bertz CT molecular complexity index is 304. The average molecular weight is 240 g/mol. The van der Waals surface area contributed by atoms with Crippen molar-refractivity contribution in [2.24, 2.45) is 0 Å². The highest BCUT2D eigenvalue weighted by Crippen LogP contribution is 2.02. The monoisotopic (exact) mass is 240 g/mol. The van der Waals surface area contributed by atoms with Crippen LogP contribution in [0, 0.1) is 11.3 Å². The Morgan fingerprint density at radius 1 is 1.44 bits per heavy atom. The molecule has 0 aromatic rings. The summed E-state index contributed by atoms with van der Waals surface area (Å²) in [5.74, 6) is -0.128. The van der Waals surface area contributed by atoms with Gasteiger partial charge in [0, 0.05) is 46.1 Å². The zero-order valence-electron chi connectivity index (χ0n) is 9.40. The maximum absolute atomic E-state index is 10.8. The fourth-order valence-electron chi connectivity index (χ4n) is 1.61. The number of thiocarbonyl (C=S) groups is 1. The first kappa shape index (κ1) is 12.9. The predicted molar refractivity (Wildman–Crippen MR) is 64.7 cm³/mol. The van der Waals surface area contributed by atoms with E-state index in [4.69, 9.17) is 17.5 Å². The smallest absolute Gasteiger partial charge is 0.222 e. The van der Waals surface area contributed by atoms with Crippen LogP contribution in [-0.2, 0) is 4.79 Å². The Balaban J connectivity index is 2.29. The van der Waals surface area contributed by atoms with Crippen LogP contribution in [0.3, 0.4) is 0 Å². The van der Waals surface area contributed by atoms with Gasteiger partial charge in [0.05, 0.1) is 6.07 Å². The summed E-state index contributed by atoms with van der Waals surface area (Å²) in [5.41, 5.74) is 0. The van der Waals surface area contributed by atoms with Crippen LogP contribution in [0.1, 0.15) is 13.3 Å². The van der Waals surface area contributed by atoms with Gasteiger partial charge in [-0.15, -0.1) is 0 Å². The molecule has 0 aromatic heterocycles. The normalized spacial score (nSPS) is 16.6. The molecule has 0 spiro atoms. The number of nitrogens with one attached hydrogen (secondary N) is 1. The second kappa shape index (κ2) is 6.40. The van der Waals surface area contributed by atoms with Crippen molar-refractivity contribution < 1.29 is 4.79 Å². The summed E-state index contributed by atoms with van der Waals surface area (Å²) in [6.07, 6.45) is 0.566. The van der Waals surface area contributed by atoms with Gasteiger partial charge >= 0.3 is 0 Å². The quantitative estimate of drug-likeness (QED) is 0.685. The van der Waals surface area contributed by atoms with Crippen molar-refractivity contribution in [3.63, 3.8) is 0 Å². The van der Waals surface area contributed by atoms with Gasteiger partial charge in [-0.1, -0.05) is 0 Å². The molecule has 1 amide bonds. The second-order valence-corrected chi connectivity index (χ2v) is 4.11. The highest BCUT2D eigenvalue weighted by Gasteiger charge is 2.18. The summed E-state index contributed by atoms with van der Waals surface area (Å²) in [5, 5.41) is 11.6. The number of hydrogen-bond acceptors (Lipinski definition) is 4. The summed E-state index contributed by atoms with van der Waals surface area (Å²) in [7, 11) is 0. The number of nitrogens with zero attached hydrogens (tertiary/aromatic N) is 3. The molecule has 1 rings (SSSR count). The molecule has 1 N–H and O–H groups in total. The van der Waals surface area contributed by atoms with Gasteiger partial charge in [0.2, 0.25) is 5.91 Å². The number of carbonyl (C=O) groups excluding carboxylic acids is 1. The largest absolute Gasteiger partial charge is 0.346 e.